The first-order valence-electron chi connectivity index (χ1n) is 5.56. The average Bonchev–Trinajstić information content (AvgIpc) is 2.83. The Morgan fingerprint density at radius 3 is 3.05 bits per heavy atom. The van der Waals surface area contributed by atoms with Crippen LogP contribution >= 0.6 is 0 Å². The van der Waals surface area contributed by atoms with Crippen LogP contribution in [0.1, 0.15) is 6.42 Å². The van der Waals surface area contributed by atoms with Crippen molar-refractivity contribution in [3.63, 3.8) is 0 Å². The van der Waals surface area contributed by atoms with Gasteiger partial charge >= 0.3 is 5.69 Å². The maximum Gasteiger partial charge on any atom is 0.329 e. The van der Waals surface area contributed by atoms with Gasteiger partial charge in [0.05, 0.1) is 11.5 Å². The van der Waals surface area contributed by atoms with Crippen LogP contribution in [0.4, 0.5) is 17.5 Å². The van der Waals surface area contributed by atoms with Crippen molar-refractivity contribution in [2.75, 3.05) is 30.5 Å². The van der Waals surface area contributed by atoms with Crippen LogP contribution in [0.3, 0.4) is 0 Å². The number of nitrogens with one attached hydrogen (secondary N) is 2. The molecule has 1 aliphatic heterocycles. The van der Waals surface area contributed by atoms with E-state index < -0.39 is 10.5 Å². The number of aliphatic hydroxyl groups is 1. The van der Waals surface area contributed by atoms with Gasteiger partial charge in [-0.3, -0.25) is 15.5 Å². The SMILES string of the molecule is NNc1ncc([N+](=O)[O-])c(NCC2(O)CCOC2)n1. The summed E-state index contributed by atoms with van der Waals surface area (Å²) in [6, 6.07) is 0. The lowest BCUT2D eigenvalue weighted by Crippen LogP contribution is -2.37. The van der Waals surface area contributed by atoms with Gasteiger partial charge in [0.25, 0.3) is 0 Å². The minimum atomic E-state index is -1.05. The van der Waals surface area contributed by atoms with Crippen LogP contribution < -0.4 is 16.6 Å². The minimum Gasteiger partial charge on any atom is -0.386 e. The molecule has 0 aliphatic carbocycles. The minimum absolute atomic E-state index is 0.00623. The van der Waals surface area contributed by atoms with E-state index in [9.17, 15) is 15.2 Å². The maximum absolute atomic E-state index is 10.8. The highest BCUT2D eigenvalue weighted by Crippen LogP contribution is 2.24. The lowest BCUT2D eigenvalue weighted by Gasteiger charge is -2.20. The first-order valence-corrected chi connectivity index (χ1v) is 5.56. The molecule has 0 radical (unpaired) electrons. The van der Waals surface area contributed by atoms with Gasteiger partial charge in [-0.05, 0) is 0 Å². The predicted molar refractivity (Wildman–Crippen MR) is 65.4 cm³/mol. The summed E-state index contributed by atoms with van der Waals surface area (Å²) in [4.78, 5) is 17.7. The summed E-state index contributed by atoms with van der Waals surface area (Å²) in [6.07, 6.45) is 1.50. The smallest absolute Gasteiger partial charge is 0.329 e. The molecule has 2 rings (SSSR count). The van der Waals surface area contributed by atoms with Gasteiger partial charge in [-0.25, -0.2) is 10.8 Å². The summed E-state index contributed by atoms with van der Waals surface area (Å²) in [7, 11) is 0. The van der Waals surface area contributed by atoms with E-state index in [0.717, 1.165) is 6.20 Å². The second-order valence-electron chi connectivity index (χ2n) is 4.21. The van der Waals surface area contributed by atoms with Crippen molar-refractivity contribution >= 4 is 17.5 Å². The van der Waals surface area contributed by atoms with Gasteiger partial charge < -0.3 is 15.2 Å². The highest BCUT2D eigenvalue weighted by Gasteiger charge is 2.33. The summed E-state index contributed by atoms with van der Waals surface area (Å²) in [5, 5.41) is 23.6. The Kier molecular flexibility index (Phi) is 3.74. The molecule has 2 heterocycles. The molecule has 1 aliphatic rings. The molecule has 10 heteroatoms. The van der Waals surface area contributed by atoms with E-state index in [0.29, 0.717) is 13.0 Å². The number of aromatic nitrogens is 2. The van der Waals surface area contributed by atoms with Gasteiger partial charge in [0.2, 0.25) is 11.8 Å². The molecule has 1 atom stereocenters. The van der Waals surface area contributed by atoms with Crippen LogP contribution in [0, 0.1) is 10.1 Å². The predicted octanol–water partition coefficient (Wildman–Crippen LogP) is -0.766. The zero-order valence-corrected chi connectivity index (χ0v) is 10.00. The Morgan fingerprint density at radius 2 is 2.47 bits per heavy atom. The van der Waals surface area contributed by atoms with Gasteiger partial charge in [-0.2, -0.15) is 4.98 Å². The molecule has 1 fully saturated rings. The molecular weight excluding hydrogens is 256 g/mol. The Bertz CT molecular complexity index is 476. The van der Waals surface area contributed by atoms with Crippen LogP contribution in [0.15, 0.2) is 6.20 Å². The lowest BCUT2D eigenvalue weighted by atomic mass is 10.0. The molecule has 1 unspecified atom stereocenters. The van der Waals surface area contributed by atoms with E-state index in [-0.39, 0.29) is 30.6 Å². The van der Waals surface area contributed by atoms with Crippen LogP contribution in [-0.4, -0.2) is 45.4 Å². The first-order chi connectivity index (χ1) is 9.04. The molecule has 1 aromatic heterocycles. The van der Waals surface area contributed by atoms with Crippen molar-refractivity contribution in [1.29, 1.82) is 0 Å². The molecule has 19 heavy (non-hydrogen) atoms. The quantitative estimate of drug-likeness (QED) is 0.307. The van der Waals surface area contributed by atoms with Crippen molar-refractivity contribution in [1.82, 2.24) is 9.97 Å². The molecular formula is C9H14N6O4. The number of hydrazine groups is 1. The van der Waals surface area contributed by atoms with Crippen molar-refractivity contribution in [2.45, 2.75) is 12.0 Å². The molecule has 5 N–H and O–H groups in total. The molecule has 0 spiro atoms. The van der Waals surface area contributed by atoms with E-state index >= 15 is 0 Å². The maximum atomic E-state index is 10.8. The zero-order chi connectivity index (χ0) is 13.9. The first kappa shape index (κ1) is 13.4. The van der Waals surface area contributed by atoms with E-state index in [2.05, 4.69) is 20.7 Å². The molecule has 0 saturated carbocycles. The summed E-state index contributed by atoms with van der Waals surface area (Å²) in [6.45, 7) is 0.732. The molecule has 1 saturated heterocycles. The third-order valence-electron chi connectivity index (χ3n) is 2.76. The highest BCUT2D eigenvalue weighted by atomic mass is 16.6. The number of nitro groups is 1. The number of anilines is 2. The largest absolute Gasteiger partial charge is 0.386 e. The van der Waals surface area contributed by atoms with Crippen LogP contribution in [0.2, 0.25) is 0 Å². The third-order valence-corrected chi connectivity index (χ3v) is 2.76. The summed E-state index contributed by atoms with van der Waals surface area (Å²) >= 11 is 0. The van der Waals surface area contributed by atoms with Gasteiger partial charge in [-0.15, -0.1) is 0 Å². The number of nitrogens with zero attached hydrogens (tertiary/aromatic N) is 3. The van der Waals surface area contributed by atoms with E-state index in [1.807, 2.05) is 0 Å². The van der Waals surface area contributed by atoms with Crippen molar-refractivity contribution in [2.24, 2.45) is 5.84 Å². The van der Waals surface area contributed by atoms with Crippen molar-refractivity contribution in [3.05, 3.63) is 16.3 Å². The highest BCUT2D eigenvalue weighted by molar-refractivity contribution is 5.56. The molecule has 10 nitrogen and oxygen atoms in total. The number of nitrogens with two attached hydrogens (primary N) is 1. The second-order valence-corrected chi connectivity index (χ2v) is 4.21. The van der Waals surface area contributed by atoms with Crippen LogP contribution in [-0.2, 0) is 4.74 Å². The Labute approximate surface area is 108 Å². The topological polar surface area (TPSA) is 148 Å². The fraction of sp³-hybridized carbons (Fsp3) is 0.556. The summed E-state index contributed by atoms with van der Waals surface area (Å²) in [5.41, 5.74) is 0.862. The molecule has 104 valence electrons. The monoisotopic (exact) mass is 270 g/mol. The Balaban J connectivity index is 2.15. The van der Waals surface area contributed by atoms with Crippen LogP contribution in [0.5, 0.6) is 0 Å². The van der Waals surface area contributed by atoms with E-state index in [1.165, 1.54) is 0 Å². The molecule has 0 amide bonds. The standard InChI is InChI=1S/C9H14N6O4/c10-14-8-11-3-6(15(17)18)7(13-8)12-4-9(16)1-2-19-5-9/h3,16H,1-2,4-5,10H2,(H2,11,12,13,14). The van der Waals surface area contributed by atoms with Gasteiger partial charge in [-0.1, -0.05) is 0 Å². The Morgan fingerprint density at radius 1 is 1.68 bits per heavy atom. The molecule has 0 bridgehead atoms. The van der Waals surface area contributed by atoms with Gasteiger partial charge in [0.1, 0.15) is 11.8 Å². The third kappa shape index (κ3) is 3.05. The summed E-state index contributed by atoms with van der Waals surface area (Å²) in [5.74, 6) is 5.19. The number of nitrogen functional groups attached to an aromatic ring is 1. The number of rotatable bonds is 5. The van der Waals surface area contributed by atoms with E-state index in [4.69, 9.17) is 10.6 Å². The Hall–Kier alpha value is -2.04. The number of hydrogen-bond donors (Lipinski definition) is 4. The lowest BCUT2D eigenvalue weighted by molar-refractivity contribution is -0.384. The van der Waals surface area contributed by atoms with Crippen LogP contribution in [0.25, 0.3) is 0 Å². The van der Waals surface area contributed by atoms with Gasteiger partial charge in [0.15, 0.2) is 0 Å². The van der Waals surface area contributed by atoms with Crippen molar-refractivity contribution in [3.8, 4) is 0 Å². The zero-order valence-electron chi connectivity index (χ0n) is 10.00. The summed E-state index contributed by atoms with van der Waals surface area (Å²) < 4.78 is 5.08. The normalized spacial score (nSPS) is 22.2. The van der Waals surface area contributed by atoms with Crippen molar-refractivity contribution < 1.29 is 14.8 Å². The fourth-order valence-electron chi connectivity index (χ4n) is 1.69. The average molecular weight is 270 g/mol. The molecule has 0 aromatic carbocycles. The number of hydrogen-bond acceptors (Lipinski definition) is 9. The fourth-order valence-corrected chi connectivity index (χ4v) is 1.69. The molecule has 1 aromatic rings. The second kappa shape index (κ2) is 5.30. The van der Waals surface area contributed by atoms with E-state index in [1.54, 1.807) is 0 Å². The van der Waals surface area contributed by atoms with Gasteiger partial charge in [0, 0.05) is 19.6 Å². The number of ether oxygens (including phenoxy) is 1.